The molecule has 1 heterocycles. The number of aliphatic hydroxyl groups excluding tert-OH is 1. The Kier molecular flexibility index (Phi) is 5.44. The van der Waals surface area contributed by atoms with E-state index in [0.29, 0.717) is 6.42 Å². The van der Waals surface area contributed by atoms with E-state index in [1.165, 1.54) is 11.9 Å². The van der Waals surface area contributed by atoms with Crippen LogP contribution >= 0.6 is 0 Å². The van der Waals surface area contributed by atoms with E-state index in [0.717, 1.165) is 4.90 Å². The van der Waals surface area contributed by atoms with Crippen LogP contribution < -0.4 is 11.1 Å². The van der Waals surface area contributed by atoms with Crippen molar-refractivity contribution in [2.24, 2.45) is 5.73 Å². The number of aliphatic hydroxyl groups is 1. The van der Waals surface area contributed by atoms with Crippen molar-refractivity contribution in [3.05, 3.63) is 0 Å². The molecule has 0 bridgehead atoms. The van der Waals surface area contributed by atoms with Gasteiger partial charge < -0.3 is 21.1 Å². The maximum absolute atomic E-state index is 11.5. The number of nitrogens with one attached hydrogen (secondary N) is 1. The van der Waals surface area contributed by atoms with Gasteiger partial charge in [0.2, 0.25) is 17.7 Å². The van der Waals surface area contributed by atoms with Crippen LogP contribution in [0.3, 0.4) is 0 Å². The molecule has 1 rings (SSSR count). The van der Waals surface area contributed by atoms with Crippen LogP contribution in [0.1, 0.15) is 12.8 Å². The standard InChI is InChI=1S/C11H18N4O5/c1-14-6-9(18)15(11(14)20)4-2-3-8(17)13-5-7(16)10(12)19/h7,16H,2-6H2,1H3,(H2,12,19)(H,13,17). The van der Waals surface area contributed by atoms with Crippen LogP contribution in [-0.2, 0) is 14.4 Å². The Balaban J connectivity index is 2.24. The fraction of sp³-hybridized carbons (Fsp3) is 0.636. The first-order valence-electron chi connectivity index (χ1n) is 6.12. The molecule has 0 aromatic carbocycles. The lowest BCUT2D eigenvalue weighted by Crippen LogP contribution is -2.40. The molecule has 1 saturated heterocycles. The number of primary amides is 1. The van der Waals surface area contributed by atoms with Crippen molar-refractivity contribution in [2.45, 2.75) is 18.9 Å². The quantitative estimate of drug-likeness (QED) is 0.450. The summed E-state index contributed by atoms with van der Waals surface area (Å²) in [4.78, 5) is 47.3. The average molecular weight is 286 g/mol. The SMILES string of the molecule is CN1CC(=O)N(CCCC(=O)NCC(O)C(N)=O)C1=O. The van der Waals surface area contributed by atoms with E-state index in [4.69, 9.17) is 10.8 Å². The number of urea groups is 1. The number of likely N-dealkylation sites (N-methyl/N-ethyl adjacent to an activating group) is 1. The summed E-state index contributed by atoms with van der Waals surface area (Å²) in [6, 6.07) is -0.375. The highest BCUT2D eigenvalue weighted by molar-refractivity contribution is 6.01. The minimum atomic E-state index is -1.42. The molecule has 0 saturated carbocycles. The predicted molar refractivity (Wildman–Crippen MR) is 67.2 cm³/mol. The summed E-state index contributed by atoms with van der Waals surface area (Å²) in [6.07, 6.45) is -1.04. The molecule has 0 radical (unpaired) electrons. The molecular weight excluding hydrogens is 268 g/mol. The second-order valence-corrected chi connectivity index (χ2v) is 4.51. The number of nitrogens with two attached hydrogens (primary N) is 1. The summed E-state index contributed by atoms with van der Waals surface area (Å²) in [5.41, 5.74) is 4.82. The lowest BCUT2D eigenvalue weighted by atomic mass is 10.2. The molecule has 0 aromatic heterocycles. The summed E-state index contributed by atoms with van der Waals surface area (Å²) < 4.78 is 0. The van der Waals surface area contributed by atoms with Crippen molar-refractivity contribution in [1.29, 1.82) is 0 Å². The van der Waals surface area contributed by atoms with Crippen LogP contribution in [0, 0.1) is 0 Å². The molecule has 1 aliphatic heterocycles. The second kappa shape index (κ2) is 6.85. The van der Waals surface area contributed by atoms with Crippen molar-refractivity contribution in [2.75, 3.05) is 26.7 Å². The number of carbonyl (C=O) groups is 4. The van der Waals surface area contributed by atoms with E-state index >= 15 is 0 Å². The maximum Gasteiger partial charge on any atom is 0.326 e. The summed E-state index contributed by atoms with van der Waals surface area (Å²) in [5.74, 6) is -1.60. The van der Waals surface area contributed by atoms with Gasteiger partial charge in [-0.05, 0) is 6.42 Å². The van der Waals surface area contributed by atoms with E-state index in [9.17, 15) is 19.2 Å². The number of imide groups is 1. The van der Waals surface area contributed by atoms with Crippen molar-refractivity contribution in [1.82, 2.24) is 15.1 Å². The van der Waals surface area contributed by atoms with Gasteiger partial charge in [0.1, 0.15) is 12.6 Å². The molecule has 1 aliphatic rings. The van der Waals surface area contributed by atoms with Gasteiger partial charge in [0.25, 0.3) is 0 Å². The summed E-state index contributed by atoms with van der Waals surface area (Å²) in [6.45, 7) is -0.0396. The third kappa shape index (κ3) is 4.19. The highest BCUT2D eigenvalue weighted by Gasteiger charge is 2.32. The number of hydrogen-bond acceptors (Lipinski definition) is 5. The van der Waals surface area contributed by atoms with Crippen molar-refractivity contribution < 1.29 is 24.3 Å². The fourth-order valence-corrected chi connectivity index (χ4v) is 1.69. The molecule has 9 nitrogen and oxygen atoms in total. The van der Waals surface area contributed by atoms with Crippen molar-refractivity contribution in [3.63, 3.8) is 0 Å². The van der Waals surface area contributed by atoms with Crippen LogP contribution in [0.4, 0.5) is 4.79 Å². The van der Waals surface area contributed by atoms with Crippen molar-refractivity contribution >= 4 is 23.8 Å². The minimum Gasteiger partial charge on any atom is -0.381 e. The smallest absolute Gasteiger partial charge is 0.326 e. The van der Waals surface area contributed by atoms with Gasteiger partial charge in [-0.25, -0.2) is 4.79 Å². The van der Waals surface area contributed by atoms with Crippen LogP contribution in [0.25, 0.3) is 0 Å². The first-order valence-corrected chi connectivity index (χ1v) is 6.12. The first-order chi connectivity index (χ1) is 9.32. The third-order valence-electron chi connectivity index (χ3n) is 2.84. The largest absolute Gasteiger partial charge is 0.381 e. The van der Waals surface area contributed by atoms with Crippen LogP contribution in [0.5, 0.6) is 0 Å². The number of amides is 5. The molecule has 9 heteroatoms. The van der Waals surface area contributed by atoms with E-state index < -0.39 is 17.9 Å². The second-order valence-electron chi connectivity index (χ2n) is 4.51. The van der Waals surface area contributed by atoms with Gasteiger partial charge in [-0.1, -0.05) is 0 Å². The van der Waals surface area contributed by atoms with Crippen LogP contribution in [-0.4, -0.2) is 71.4 Å². The van der Waals surface area contributed by atoms with E-state index in [-0.39, 0.29) is 38.0 Å². The van der Waals surface area contributed by atoms with Gasteiger partial charge in [-0.3, -0.25) is 19.3 Å². The van der Waals surface area contributed by atoms with Crippen molar-refractivity contribution in [3.8, 4) is 0 Å². The normalized spacial score (nSPS) is 16.5. The highest BCUT2D eigenvalue weighted by atomic mass is 16.3. The molecule has 1 unspecified atom stereocenters. The zero-order valence-corrected chi connectivity index (χ0v) is 11.2. The molecule has 0 aromatic rings. The highest BCUT2D eigenvalue weighted by Crippen LogP contribution is 2.08. The van der Waals surface area contributed by atoms with Crippen LogP contribution in [0.15, 0.2) is 0 Å². The van der Waals surface area contributed by atoms with E-state index in [2.05, 4.69) is 5.32 Å². The zero-order valence-electron chi connectivity index (χ0n) is 11.2. The zero-order chi connectivity index (χ0) is 15.3. The Morgan fingerprint density at radius 3 is 2.60 bits per heavy atom. The Hall–Kier alpha value is -2.16. The average Bonchev–Trinajstić information content (AvgIpc) is 2.62. The molecule has 0 aliphatic carbocycles. The van der Waals surface area contributed by atoms with Gasteiger partial charge in [0, 0.05) is 20.0 Å². The lowest BCUT2D eigenvalue weighted by Gasteiger charge is -2.14. The summed E-state index contributed by atoms with van der Waals surface area (Å²) >= 11 is 0. The molecule has 5 amide bonds. The lowest BCUT2D eigenvalue weighted by molar-refractivity contribution is -0.128. The predicted octanol–water partition coefficient (Wildman–Crippen LogP) is -2.38. The third-order valence-corrected chi connectivity index (χ3v) is 2.84. The Morgan fingerprint density at radius 2 is 2.10 bits per heavy atom. The Morgan fingerprint density at radius 1 is 1.45 bits per heavy atom. The molecule has 0 spiro atoms. The first kappa shape index (κ1) is 15.9. The number of nitrogens with zero attached hydrogens (tertiary/aromatic N) is 2. The topological polar surface area (TPSA) is 133 Å². The number of hydrogen-bond donors (Lipinski definition) is 3. The molecule has 1 atom stereocenters. The Labute approximate surface area is 115 Å². The van der Waals surface area contributed by atoms with E-state index in [1.54, 1.807) is 0 Å². The van der Waals surface area contributed by atoms with Gasteiger partial charge in [-0.2, -0.15) is 0 Å². The van der Waals surface area contributed by atoms with Gasteiger partial charge in [0.15, 0.2) is 0 Å². The molecule has 1 fully saturated rings. The minimum absolute atomic E-state index is 0.0514. The summed E-state index contributed by atoms with van der Waals surface area (Å²) in [5, 5.41) is 11.4. The number of rotatable bonds is 7. The van der Waals surface area contributed by atoms with Gasteiger partial charge >= 0.3 is 6.03 Å². The van der Waals surface area contributed by atoms with Gasteiger partial charge in [0.05, 0.1) is 6.54 Å². The molecule has 4 N–H and O–H groups in total. The van der Waals surface area contributed by atoms with Gasteiger partial charge in [-0.15, -0.1) is 0 Å². The van der Waals surface area contributed by atoms with E-state index in [1.807, 2.05) is 0 Å². The van der Waals surface area contributed by atoms with Crippen LogP contribution in [0.2, 0.25) is 0 Å². The monoisotopic (exact) mass is 286 g/mol. The fourth-order valence-electron chi connectivity index (χ4n) is 1.69. The molecular formula is C11H18N4O5. The number of carbonyl (C=O) groups excluding carboxylic acids is 4. The molecule has 20 heavy (non-hydrogen) atoms. The summed E-state index contributed by atoms with van der Waals surface area (Å²) in [7, 11) is 1.53. The maximum atomic E-state index is 11.5. The molecule has 112 valence electrons. The Bertz CT molecular complexity index is 425.